The van der Waals surface area contributed by atoms with E-state index in [1.807, 2.05) is 0 Å². The molecule has 0 saturated heterocycles. The molecule has 2 heterocycles. The topological polar surface area (TPSA) is 119 Å². The number of fused-ring (bicyclic) bond motifs is 2. The van der Waals surface area contributed by atoms with Gasteiger partial charge in [0.1, 0.15) is 5.82 Å². The maximum absolute atomic E-state index is 14.9. The molecule has 5 rings (SSSR count). The summed E-state index contributed by atoms with van der Waals surface area (Å²) in [6, 6.07) is 15.0. The van der Waals surface area contributed by atoms with Crippen molar-refractivity contribution in [1.29, 1.82) is 0 Å². The van der Waals surface area contributed by atoms with Crippen LogP contribution in [0.3, 0.4) is 0 Å². The minimum absolute atomic E-state index is 0.00541. The number of halogens is 1. The summed E-state index contributed by atoms with van der Waals surface area (Å²) >= 11 is 0. The number of anilines is 2. The number of amides is 2. The molecule has 1 unspecified atom stereocenters. The highest BCUT2D eigenvalue weighted by Crippen LogP contribution is 2.46. The number of carboxylic acid groups (broad SMARTS) is 1. The van der Waals surface area contributed by atoms with Crippen molar-refractivity contribution in [2.75, 3.05) is 10.2 Å². The van der Waals surface area contributed by atoms with Crippen molar-refractivity contribution in [3.05, 3.63) is 88.7 Å². The van der Waals surface area contributed by atoms with Crippen LogP contribution < -0.4 is 10.2 Å². The van der Waals surface area contributed by atoms with E-state index in [4.69, 9.17) is 11.5 Å². The quantitative estimate of drug-likeness (QED) is 0.362. The van der Waals surface area contributed by atoms with Crippen LogP contribution in [0.15, 0.2) is 60.7 Å². The van der Waals surface area contributed by atoms with E-state index in [0.29, 0.717) is 16.6 Å². The van der Waals surface area contributed by atoms with Gasteiger partial charge in [0, 0.05) is 22.3 Å². The molecule has 162 valence electrons. The van der Waals surface area contributed by atoms with Crippen molar-refractivity contribution >= 4 is 34.7 Å². The number of benzene rings is 3. The molecule has 2 amide bonds. The Morgan fingerprint density at radius 3 is 2.73 bits per heavy atom. The average Bonchev–Trinajstić information content (AvgIpc) is 3.30. The van der Waals surface area contributed by atoms with Crippen LogP contribution in [-0.2, 0) is 5.72 Å². The Morgan fingerprint density at radius 2 is 1.97 bits per heavy atom. The van der Waals surface area contributed by atoms with Gasteiger partial charge in [0.15, 0.2) is 5.72 Å². The minimum atomic E-state index is -2.07. The average molecular weight is 442 g/mol. The van der Waals surface area contributed by atoms with Crippen LogP contribution in [0.4, 0.5) is 20.8 Å². The van der Waals surface area contributed by atoms with Crippen molar-refractivity contribution in [2.45, 2.75) is 5.72 Å². The van der Waals surface area contributed by atoms with Gasteiger partial charge in [-0.3, -0.25) is 15.0 Å². The Balaban J connectivity index is 1.74. The normalized spacial score (nSPS) is 17.1. The monoisotopic (exact) mass is 442 g/mol. The third kappa shape index (κ3) is 3.01. The highest BCUT2D eigenvalue weighted by molar-refractivity contribution is 6.12. The Hall–Kier alpha value is -4.68. The van der Waals surface area contributed by atoms with Crippen LogP contribution in [0.25, 0.3) is 11.0 Å². The maximum Gasteiger partial charge on any atom is 0.411 e. The van der Waals surface area contributed by atoms with E-state index in [2.05, 4.69) is 21.2 Å². The Bertz CT molecular complexity index is 1510. The molecule has 8 nitrogen and oxygen atoms in total. The van der Waals surface area contributed by atoms with E-state index >= 15 is 0 Å². The van der Waals surface area contributed by atoms with Crippen LogP contribution in [0, 0.1) is 18.2 Å². The first-order chi connectivity index (χ1) is 15.8. The number of hydrogen-bond acceptors (Lipinski definition) is 4. The second kappa shape index (κ2) is 7.19. The van der Waals surface area contributed by atoms with Crippen LogP contribution in [-0.4, -0.2) is 32.2 Å². The second-order valence-electron chi connectivity index (χ2n) is 7.42. The summed E-state index contributed by atoms with van der Waals surface area (Å²) in [5, 5.41) is 23.1. The van der Waals surface area contributed by atoms with Gasteiger partial charge >= 0.3 is 6.09 Å². The standard InChI is InChI=1S/C24H15FN4O4/c1-2-13-7-9-17(25)20(11-13)29-21(30)15-5-3-4-6-16(15)24(29,33)14-8-10-18-19(12-14)27-22(26-18)28-23(31)32/h1,3-12,33H,(H,31,32)(H2,26,27,28). The summed E-state index contributed by atoms with van der Waals surface area (Å²) in [6.07, 6.45) is 4.17. The summed E-state index contributed by atoms with van der Waals surface area (Å²) in [5.41, 5.74) is -0.356. The first-order valence-electron chi connectivity index (χ1n) is 9.75. The predicted octanol–water partition coefficient (Wildman–Crippen LogP) is 3.63. The highest BCUT2D eigenvalue weighted by Gasteiger charge is 2.51. The summed E-state index contributed by atoms with van der Waals surface area (Å²) in [7, 11) is 0. The van der Waals surface area contributed by atoms with Gasteiger partial charge in [0.2, 0.25) is 5.95 Å². The van der Waals surface area contributed by atoms with Crippen LogP contribution in [0.2, 0.25) is 0 Å². The molecule has 1 aliphatic heterocycles. The van der Waals surface area contributed by atoms with Crippen molar-refractivity contribution in [3.8, 4) is 12.3 Å². The van der Waals surface area contributed by atoms with Crippen LogP contribution in [0.5, 0.6) is 0 Å². The molecule has 4 N–H and O–H groups in total. The fraction of sp³-hybridized carbons (Fsp3) is 0.0417. The molecule has 1 aromatic heterocycles. The van der Waals surface area contributed by atoms with Crippen molar-refractivity contribution < 1.29 is 24.2 Å². The summed E-state index contributed by atoms with van der Waals surface area (Å²) in [5.74, 6) is 1.07. The van der Waals surface area contributed by atoms with Crippen molar-refractivity contribution in [1.82, 2.24) is 9.97 Å². The molecule has 0 aliphatic carbocycles. The highest BCUT2D eigenvalue weighted by atomic mass is 19.1. The molecule has 3 aromatic carbocycles. The van der Waals surface area contributed by atoms with E-state index < -0.39 is 23.5 Å². The lowest BCUT2D eigenvalue weighted by molar-refractivity contribution is 0.0699. The molecule has 0 radical (unpaired) electrons. The minimum Gasteiger partial charge on any atom is -0.465 e. The van der Waals surface area contributed by atoms with E-state index in [9.17, 15) is 19.1 Å². The lowest BCUT2D eigenvalue weighted by Crippen LogP contribution is -2.45. The molecule has 0 saturated carbocycles. The molecule has 0 spiro atoms. The third-order valence-corrected chi connectivity index (χ3v) is 5.52. The number of terminal acetylenes is 1. The summed E-state index contributed by atoms with van der Waals surface area (Å²) < 4.78 is 14.9. The lowest BCUT2D eigenvalue weighted by atomic mass is 9.93. The molecule has 0 fully saturated rings. The number of nitrogens with one attached hydrogen (secondary N) is 2. The fourth-order valence-electron chi connectivity index (χ4n) is 4.09. The van der Waals surface area contributed by atoms with Gasteiger partial charge in [-0.2, -0.15) is 0 Å². The van der Waals surface area contributed by atoms with Crippen molar-refractivity contribution in [3.63, 3.8) is 0 Å². The molecule has 0 bridgehead atoms. The number of hydrogen-bond donors (Lipinski definition) is 4. The zero-order valence-electron chi connectivity index (χ0n) is 16.8. The van der Waals surface area contributed by atoms with E-state index in [1.54, 1.807) is 36.4 Å². The van der Waals surface area contributed by atoms with Gasteiger partial charge in [-0.1, -0.05) is 30.2 Å². The first kappa shape index (κ1) is 20.2. The third-order valence-electron chi connectivity index (χ3n) is 5.52. The van der Waals surface area contributed by atoms with Gasteiger partial charge < -0.3 is 15.2 Å². The number of carbonyl (C=O) groups excluding carboxylic acids is 1. The smallest absolute Gasteiger partial charge is 0.411 e. The summed E-state index contributed by atoms with van der Waals surface area (Å²) in [4.78, 5) is 32.2. The Labute approximate surface area is 186 Å². The molecule has 33 heavy (non-hydrogen) atoms. The number of aromatic amines is 1. The zero-order chi connectivity index (χ0) is 23.3. The summed E-state index contributed by atoms with van der Waals surface area (Å²) in [6.45, 7) is 0. The predicted molar refractivity (Wildman–Crippen MR) is 118 cm³/mol. The second-order valence-corrected chi connectivity index (χ2v) is 7.42. The lowest BCUT2D eigenvalue weighted by Gasteiger charge is -2.35. The van der Waals surface area contributed by atoms with Crippen LogP contribution in [0.1, 0.15) is 27.0 Å². The molecule has 1 atom stereocenters. The van der Waals surface area contributed by atoms with Gasteiger partial charge in [-0.15, -0.1) is 6.42 Å². The first-order valence-corrected chi connectivity index (χ1v) is 9.75. The number of aromatic nitrogens is 2. The molecule has 4 aromatic rings. The van der Waals surface area contributed by atoms with Crippen molar-refractivity contribution in [2.24, 2.45) is 0 Å². The zero-order valence-corrected chi connectivity index (χ0v) is 16.8. The fourth-order valence-corrected chi connectivity index (χ4v) is 4.09. The van der Waals surface area contributed by atoms with E-state index in [1.165, 1.54) is 18.2 Å². The van der Waals surface area contributed by atoms with Gasteiger partial charge in [0.25, 0.3) is 5.91 Å². The number of H-pyrrole nitrogens is 1. The number of nitrogens with zero attached hydrogens (tertiary/aromatic N) is 2. The van der Waals surface area contributed by atoms with Gasteiger partial charge in [-0.05, 0) is 36.4 Å². The van der Waals surface area contributed by atoms with Gasteiger partial charge in [0.05, 0.1) is 16.7 Å². The molecular formula is C24H15FN4O4. The largest absolute Gasteiger partial charge is 0.465 e. The Kier molecular flexibility index (Phi) is 4.41. The van der Waals surface area contributed by atoms with Gasteiger partial charge in [-0.25, -0.2) is 14.2 Å². The number of rotatable bonds is 3. The van der Waals surface area contributed by atoms with Crippen LogP contribution >= 0.6 is 0 Å². The van der Waals surface area contributed by atoms with E-state index in [0.717, 1.165) is 11.0 Å². The molecule has 1 aliphatic rings. The number of aliphatic hydroxyl groups is 1. The number of carbonyl (C=O) groups is 2. The van der Waals surface area contributed by atoms with E-state index in [-0.39, 0.29) is 28.3 Å². The Morgan fingerprint density at radius 1 is 1.18 bits per heavy atom. The molecular weight excluding hydrogens is 427 g/mol. The number of imidazole rings is 1. The maximum atomic E-state index is 14.9. The molecule has 9 heteroatoms. The SMILES string of the molecule is C#Cc1ccc(F)c(N2C(=O)c3ccccc3C2(O)c2ccc3nc(NC(=O)O)[nH]c3c2)c1.